The SMILES string of the molecule is COC(=O)c1cc(-c2nc(N(C)C(=O)OC(C)(C)C)nn2C)c(F)cc1C. The molecule has 0 bridgehead atoms. The van der Waals surface area contributed by atoms with Gasteiger partial charge in [-0.1, -0.05) is 0 Å². The number of methoxy groups -OCH3 is 1. The minimum absolute atomic E-state index is 0.0429. The molecule has 0 saturated heterocycles. The van der Waals surface area contributed by atoms with Crippen LogP contribution in [0.4, 0.5) is 15.1 Å². The molecule has 1 aromatic carbocycles. The molecular weight excluding hydrogens is 355 g/mol. The summed E-state index contributed by atoms with van der Waals surface area (Å²) in [6.45, 7) is 6.83. The number of hydrogen-bond donors (Lipinski definition) is 0. The summed E-state index contributed by atoms with van der Waals surface area (Å²) in [6.07, 6.45) is -0.640. The third-order valence-electron chi connectivity index (χ3n) is 3.68. The Bertz CT molecular complexity index is 886. The van der Waals surface area contributed by atoms with Crippen LogP contribution < -0.4 is 4.90 Å². The second kappa shape index (κ2) is 7.34. The van der Waals surface area contributed by atoms with E-state index in [0.29, 0.717) is 5.56 Å². The second-order valence-corrected chi connectivity index (χ2v) is 7.04. The fourth-order valence-electron chi connectivity index (χ4n) is 2.33. The van der Waals surface area contributed by atoms with E-state index < -0.39 is 23.5 Å². The van der Waals surface area contributed by atoms with E-state index in [1.807, 2.05) is 0 Å². The molecule has 0 radical (unpaired) electrons. The van der Waals surface area contributed by atoms with E-state index >= 15 is 0 Å². The second-order valence-electron chi connectivity index (χ2n) is 7.04. The molecule has 8 nitrogen and oxygen atoms in total. The van der Waals surface area contributed by atoms with Gasteiger partial charge in [0.15, 0.2) is 5.82 Å². The molecule has 1 amide bonds. The first-order valence-corrected chi connectivity index (χ1v) is 8.21. The number of esters is 1. The number of rotatable bonds is 3. The predicted octanol–water partition coefficient (Wildman–Crippen LogP) is 3.09. The van der Waals surface area contributed by atoms with Gasteiger partial charge in [0, 0.05) is 14.1 Å². The van der Waals surface area contributed by atoms with Crippen LogP contribution in [0.1, 0.15) is 36.7 Å². The highest BCUT2D eigenvalue weighted by atomic mass is 19.1. The summed E-state index contributed by atoms with van der Waals surface area (Å²) in [5.41, 5.74) is 0.0525. The molecule has 0 fully saturated rings. The number of anilines is 1. The van der Waals surface area contributed by atoms with Crippen molar-refractivity contribution < 1.29 is 23.5 Å². The summed E-state index contributed by atoms with van der Waals surface area (Å²) >= 11 is 0. The van der Waals surface area contributed by atoms with Gasteiger partial charge in [0.2, 0.25) is 0 Å². The standard InChI is InChI=1S/C18H23FN4O4/c1-10-8-13(19)12(9-11(10)15(24)26-7)14-20-16(21-23(14)6)22(5)17(25)27-18(2,3)4/h8-9H,1-7H3. The Kier molecular flexibility index (Phi) is 5.53. The average molecular weight is 378 g/mol. The lowest BCUT2D eigenvalue weighted by atomic mass is 10.0. The molecule has 0 aliphatic heterocycles. The molecule has 2 rings (SSSR count). The summed E-state index contributed by atoms with van der Waals surface area (Å²) in [5, 5.41) is 4.14. The number of amides is 1. The largest absolute Gasteiger partial charge is 0.465 e. The lowest BCUT2D eigenvalue weighted by Gasteiger charge is -2.22. The molecule has 9 heteroatoms. The van der Waals surface area contributed by atoms with Crippen LogP contribution in [0.2, 0.25) is 0 Å². The first-order valence-electron chi connectivity index (χ1n) is 8.21. The quantitative estimate of drug-likeness (QED) is 0.763. The molecular formula is C18H23FN4O4. The number of benzene rings is 1. The van der Waals surface area contributed by atoms with Crippen LogP contribution in [0.25, 0.3) is 11.4 Å². The van der Waals surface area contributed by atoms with Crippen LogP contribution in [0.3, 0.4) is 0 Å². The van der Waals surface area contributed by atoms with Gasteiger partial charge >= 0.3 is 12.1 Å². The summed E-state index contributed by atoms with van der Waals surface area (Å²) < 4.78 is 25.8. The van der Waals surface area contributed by atoms with Crippen molar-refractivity contribution in [2.75, 3.05) is 19.1 Å². The molecule has 0 saturated carbocycles. The molecule has 0 spiro atoms. The lowest BCUT2D eigenvalue weighted by molar-refractivity contribution is 0.0582. The van der Waals surface area contributed by atoms with E-state index in [4.69, 9.17) is 9.47 Å². The Labute approximate surface area is 156 Å². The highest BCUT2D eigenvalue weighted by Gasteiger charge is 2.25. The molecule has 0 atom stereocenters. The van der Waals surface area contributed by atoms with Gasteiger partial charge in [-0.2, -0.15) is 4.98 Å². The number of carbonyl (C=O) groups is 2. The van der Waals surface area contributed by atoms with E-state index in [2.05, 4.69) is 10.1 Å². The van der Waals surface area contributed by atoms with Gasteiger partial charge in [0.05, 0.1) is 18.2 Å². The van der Waals surface area contributed by atoms with Crippen LogP contribution in [0.5, 0.6) is 0 Å². The molecule has 0 aliphatic rings. The van der Waals surface area contributed by atoms with Crippen molar-refractivity contribution in [3.63, 3.8) is 0 Å². The lowest BCUT2D eigenvalue weighted by Crippen LogP contribution is -2.34. The molecule has 2 aromatic rings. The minimum Gasteiger partial charge on any atom is -0.465 e. The maximum absolute atomic E-state index is 14.5. The topological polar surface area (TPSA) is 86.6 Å². The van der Waals surface area contributed by atoms with E-state index in [9.17, 15) is 14.0 Å². The van der Waals surface area contributed by atoms with Crippen molar-refractivity contribution in [3.8, 4) is 11.4 Å². The van der Waals surface area contributed by atoms with Gasteiger partial charge < -0.3 is 9.47 Å². The minimum atomic E-state index is -0.679. The van der Waals surface area contributed by atoms with Gasteiger partial charge in [-0.15, -0.1) is 5.10 Å². The summed E-state index contributed by atoms with van der Waals surface area (Å²) in [4.78, 5) is 29.4. The number of aromatic nitrogens is 3. The number of ether oxygens (including phenoxy) is 2. The Morgan fingerprint density at radius 2 is 1.89 bits per heavy atom. The maximum atomic E-state index is 14.5. The smallest absolute Gasteiger partial charge is 0.416 e. The monoisotopic (exact) mass is 378 g/mol. The fraction of sp³-hybridized carbons (Fsp3) is 0.444. The van der Waals surface area contributed by atoms with Crippen LogP contribution in [-0.2, 0) is 16.5 Å². The van der Waals surface area contributed by atoms with Crippen molar-refractivity contribution in [1.29, 1.82) is 0 Å². The molecule has 0 N–H and O–H groups in total. The Balaban J connectivity index is 2.45. The van der Waals surface area contributed by atoms with Crippen molar-refractivity contribution in [1.82, 2.24) is 14.8 Å². The fourth-order valence-corrected chi connectivity index (χ4v) is 2.33. The number of halogens is 1. The zero-order valence-corrected chi connectivity index (χ0v) is 16.5. The van der Waals surface area contributed by atoms with E-state index in [1.54, 1.807) is 34.7 Å². The highest BCUT2D eigenvalue weighted by molar-refractivity contribution is 5.92. The van der Waals surface area contributed by atoms with Crippen molar-refractivity contribution in [2.24, 2.45) is 7.05 Å². The normalized spacial score (nSPS) is 11.3. The Morgan fingerprint density at radius 3 is 2.44 bits per heavy atom. The van der Waals surface area contributed by atoms with Crippen LogP contribution in [-0.4, -0.2) is 46.6 Å². The highest BCUT2D eigenvalue weighted by Crippen LogP contribution is 2.26. The van der Waals surface area contributed by atoms with Gasteiger partial charge in [-0.25, -0.2) is 23.6 Å². The van der Waals surface area contributed by atoms with Crippen LogP contribution in [0.15, 0.2) is 12.1 Å². The van der Waals surface area contributed by atoms with Crippen molar-refractivity contribution in [3.05, 3.63) is 29.1 Å². The van der Waals surface area contributed by atoms with Gasteiger partial charge in [-0.3, -0.25) is 0 Å². The number of aryl methyl sites for hydroxylation is 2. The third kappa shape index (κ3) is 4.42. The van der Waals surface area contributed by atoms with Gasteiger partial charge in [0.25, 0.3) is 5.95 Å². The number of nitrogens with zero attached hydrogens (tertiary/aromatic N) is 4. The summed E-state index contributed by atoms with van der Waals surface area (Å²) in [5.74, 6) is -0.950. The maximum Gasteiger partial charge on any atom is 0.416 e. The molecule has 0 aliphatic carbocycles. The van der Waals surface area contributed by atoms with Gasteiger partial charge in [0.1, 0.15) is 11.4 Å². The van der Waals surface area contributed by atoms with E-state index in [0.717, 1.165) is 4.90 Å². The molecule has 27 heavy (non-hydrogen) atoms. The van der Waals surface area contributed by atoms with E-state index in [1.165, 1.54) is 31.0 Å². The number of hydrogen-bond acceptors (Lipinski definition) is 6. The van der Waals surface area contributed by atoms with Gasteiger partial charge in [-0.05, 0) is 45.4 Å². The van der Waals surface area contributed by atoms with Crippen LogP contribution >= 0.6 is 0 Å². The zero-order chi connectivity index (χ0) is 20.5. The van der Waals surface area contributed by atoms with Crippen molar-refractivity contribution >= 4 is 18.0 Å². The molecule has 0 unspecified atom stereocenters. The molecule has 146 valence electrons. The van der Waals surface area contributed by atoms with E-state index in [-0.39, 0.29) is 22.9 Å². The Morgan fingerprint density at radius 1 is 1.26 bits per heavy atom. The molecule has 1 heterocycles. The first-order chi connectivity index (χ1) is 12.4. The Hall–Kier alpha value is -2.97. The summed E-state index contributed by atoms with van der Waals surface area (Å²) in [7, 11) is 4.27. The van der Waals surface area contributed by atoms with Crippen LogP contribution in [0, 0.1) is 12.7 Å². The first kappa shape index (κ1) is 20.3. The predicted molar refractivity (Wildman–Crippen MR) is 97.1 cm³/mol. The summed E-state index contributed by atoms with van der Waals surface area (Å²) in [6, 6.07) is 2.59. The molecule has 1 aromatic heterocycles. The average Bonchev–Trinajstić information content (AvgIpc) is 2.93. The number of carbonyl (C=O) groups excluding carboxylic acids is 2. The zero-order valence-electron chi connectivity index (χ0n) is 16.5. The van der Waals surface area contributed by atoms with Crippen molar-refractivity contribution in [2.45, 2.75) is 33.3 Å². The third-order valence-corrected chi connectivity index (χ3v) is 3.68.